The van der Waals surface area contributed by atoms with Crippen molar-refractivity contribution in [3.05, 3.63) is 12.4 Å². The van der Waals surface area contributed by atoms with E-state index in [9.17, 15) is 4.79 Å². The molecule has 15 heavy (non-hydrogen) atoms. The molecule has 0 aliphatic carbocycles. The Labute approximate surface area is 92.1 Å². The van der Waals surface area contributed by atoms with Crippen molar-refractivity contribution < 1.29 is 4.79 Å². The molecular weight excluding hydrogens is 214 g/mol. The normalized spacial score (nSPS) is 12.1. The van der Waals surface area contributed by atoms with Crippen LogP contribution in [-0.4, -0.2) is 39.1 Å². The van der Waals surface area contributed by atoms with Gasteiger partial charge < -0.3 is 5.73 Å². The van der Waals surface area contributed by atoms with E-state index in [0.29, 0.717) is 6.42 Å². The van der Waals surface area contributed by atoms with Crippen molar-refractivity contribution in [2.45, 2.75) is 12.5 Å². The Kier molecular flexibility index (Phi) is 4.99. The first-order chi connectivity index (χ1) is 7.24. The summed E-state index contributed by atoms with van der Waals surface area (Å²) >= 11 is 1.65. The van der Waals surface area contributed by atoms with E-state index in [1.807, 2.05) is 6.26 Å². The zero-order valence-corrected chi connectivity index (χ0v) is 9.20. The Morgan fingerprint density at radius 1 is 1.67 bits per heavy atom. The topological polar surface area (TPSA) is 93.8 Å². The molecule has 0 aliphatic rings. The number of hydrogen-bond acceptors (Lipinski definition) is 6. The molecule has 0 saturated carbocycles. The zero-order valence-electron chi connectivity index (χ0n) is 8.38. The fourth-order valence-electron chi connectivity index (χ4n) is 0.884. The Morgan fingerprint density at radius 2 is 2.47 bits per heavy atom. The van der Waals surface area contributed by atoms with Crippen molar-refractivity contribution in [2.75, 3.05) is 17.3 Å². The number of rotatable bonds is 5. The number of nitrogens with zero attached hydrogens (tertiary/aromatic N) is 3. The van der Waals surface area contributed by atoms with Crippen LogP contribution < -0.4 is 11.1 Å². The average Bonchev–Trinajstić information content (AvgIpc) is 2.27. The molecule has 0 fully saturated rings. The number of nitrogens with two attached hydrogens (primary N) is 1. The van der Waals surface area contributed by atoms with Crippen LogP contribution in [0.15, 0.2) is 12.4 Å². The summed E-state index contributed by atoms with van der Waals surface area (Å²) < 4.78 is 0. The minimum Gasteiger partial charge on any atom is -0.320 e. The van der Waals surface area contributed by atoms with E-state index in [0.717, 1.165) is 5.75 Å². The predicted molar refractivity (Wildman–Crippen MR) is 59.4 cm³/mol. The molecular formula is C8H13N5OS. The number of carbonyl (C=O) groups excluding carboxylic acids is 1. The first-order valence-corrected chi connectivity index (χ1v) is 5.82. The Bertz CT molecular complexity index is 307. The van der Waals surface area contributed by atoms with Gasteiger partial charge in [0, 0.05) is 0 Å². The summed E-state index contributed by atoms with van der Waals surface area (Å²) in [5, 5.41) is 9.71. The van der Waals surface area contributed by atoms with E-state index < -0.39 is 6.04 Å². The highest BCUT2D eigenvalue weighted by atomic mass is 32.2. The molecule has 1 atom stereocenters. The second kappa shape index (κ2) is 6.31. The molecule has 1 heterocycles. The first kappa shape index (κ1) is 11.9. The predicted octanol–water partition coefficient (Wildman–Crippen LogP) is -0.110. The van der Waals surface area contributed by atoms with E-state index >= 15 is 0 Å². The fourth-order valence-corrected chi connectivity index (χ4v) is 1.37. The van der Waals surface area contributed by atoms with Crippen LogP contribution >= 0.6 is 11.8 Å². The molecule has 1 aromatic heterocycles. The summed E-state index contributed by atoms with van der Waals surface area (Å²) in [5.74, 6) is 0.752. The fraction of sp³-hybridized carbons (Fsp3) is 0.500. The van der Waals surface area contributed by atoms with E-state index in [4.69, 9.17) is 5.73 Å². The van der Waals surface area contributed by atoms with E-state index in [1.54, 1.807) is 11.8 Å². The maximum absolute atomic E-state index is 11.5. The minimum absolute atomic E-state index is 0.183. The maximum atomic E-state index is 11.5. The summed E-state index contributed by atoms with van der Waals surface area (Å²) in [6.07, 6.45) is 5.49. The molecule has 0 unspecified atom stereocenters. The SMILES string of the molecule is CSCC[C@H](N)C(=O)Nc1nccnn1. The van der Waals surface area contributed by atoms with Gasteiger partial charge in [0.2, 0.25) is 11.9 Å². The third kappa shape index (κ3) is 4.22. The standard InChI is InChI=1S/C8H13N5OS/c1-15-5-2-6(9)7(14)12-8-10-3-4-11-13-8/h3-4,6H,2,5,9H2,1H3,(H,10,12,13,14)/t6-/m0/s1. The van der Waals surface area contributed by atoms with Crippen molar-refractivity contribution >= 4 is 23.6 Å². The van der Waals surface area contributed by atoms with Crippen LogP contribution in [0.5, 0.6) is 0 Å². The molecule has 6 nitrogen and oxygen atoms in total. The quantitative estimate of drug-likeness (QED) is 0.729. The van der Waals surface area contributed by atoms with Crippen LogP contribution in [0.1, 0.15) is 6.42 Å². The first-order valence-electron chi connectivity index (χ1n) is 4.43. The summed E-state index contributed by atoms with van der Waals surface area (Å²) in [6.45, 7) is 0. The molecule has 82 valence electrons. The number of anilines is 1. The summed E-state index contributed by atoms with van der Waals surface area (Å²) in [4.78, 5) is 15.3. The van der Waals surface area contributed by atoms with Gasteiger partial charge in [0.05, 0.1) is 18.4 Å². The Hall–Kier alpha value is -1.21. The molecule has 0 spiro atoms. The Balaban J connectivity index is 2.42. The number of hydrogen-bond donors (Lipinski definition) is 2. The molecule has 0 radical (unpaired) electrons. The van der Waals surface area contributed by atoms with E-state index in [2.05, 4.69) is 20.5 Å². The maximum Gasteiger partial charge on any atom is 0.249 e. The van der Waals surface area contributed by atoms with Crippen LogP contribution in [-0.2, 0) is 4.79 Å². The summed E-state index contributed by atoms with van der Waals surface area (Å²) in [7, 11) is 0. The van der Waals surface area contributed by atoms with Gasteiger partial charge in [0.25, 0.3) is 0 Å². The van der Waals surface area contributed by atoms with Crippen LogP contribution in [0.3, 0.4) is 0 Å². The molecule has 3 N–H and O–H groups in total. The number of thioether (sulfide) groups is 1. The van der Waals surface area contributed by atoms with E-state index in [-0.39, 0.29) is 11.9 Å². The van der Waals surface area contributed by atoms with Crippen molar-refractivity contribution in [1.82, 2.24) is 15.2 Å². The highest BCUT2D eigenvalue weighted by molar-refractivity contribution is 7.98. The number of nitrogens with one attached hydrogen (secondary N) is 1. The monoisotopic (exact) mass is 227 g/mol. The van der Waals surface area contributed by atoms with Gasteiger partial charge >= 0.3 is 0 Å². The van der Waals surface area contributed by atoms with Gasteiger partial charge in [-0.3, -0.25) is 10.1 Å². The zero-order chi connectivity index (χ0) is 11.1. The van der Waals surface area contributed by atoms with Gasteiger partial charge in [-0.25, -0.2) is 4.98 Å². The number of aromatic nitrogens is 3. The smallest absolute Gasteiger partial charge is 0.249 e. The third-order valence-electron chi connectivity index (χ3n) is 1.69. The van der Waals surface area contributed by atoms with E-state index in [1.165, 1.54) is 12.4 Å². The van der Waals surface area contributed by atoms with Crippen molar-refractivity contribution in [1.29, 1.82) is 0 Å². The molecule has 0 saturated heterocycles. The third-order valence-corrected chi connectivity index (χ3v) is 2.33. The molecule has 0 aliphatic heterocycles. The lowest BCUT2D eigenvalue weighted by atomic mass is 10.2. The van der Waals surface area contributed by atoms with Gasteiger partial charge in [0.15, 0.2) is 0 Å². The highest BCUT2D eigenvalue weighted by Gasteiger charge is 2.13. The van der Waals surface area contributed by atoms with Gasteiger partial charge in [-0.1, -0.05) is 0 Å². The van der Waals surface area contributed by atoms with Gasteiger partial charge in [-0.2, -0.15) is 16.9 Å². The van der Waals surface area contributed by atoms with Gasteiger partial charge in [0.1, 0.15) is 0 Å². The lowest BCUT2D eigenvalue weighted by Gasteiger charge is -2.09. The molecule has 1 rings (SSSR count). The molecule has 7 heteroatoms. The van der Waals surface area contributed by atoms with Gasteiger partial charge in [-0.15, -0.1) is 5.10 Å². The highest BCUT2D eigenvalue weighted by Crippen LogP contribution is 2.01. The Morgan fingerprint density at radius 3 is 3.07 bits per heavy atom. The second-order valence-electron chi connectivity index (χ2n) is 2.84. The second-order valence-corrected chi connectivity index (χ2v) is 3.83. The van der Waals surface area contributed by atoms with Crippen molar-refractivity contribution in [3.8, 4) is 0 Å². The number of amides is 1. The van der Waals surface area contributed by atoms with Crippen LogP contribution in [0, 0.1) is 0 Å². The molecule has 0 aromatic carbocycles. The molecule has 0 bridgehead atoms. The average molecular weight is 227 g/mol. The van der Waals surface area contributed by atoms with Gasteiger partial charge in [-0.05, 0) is 18.4 Å². The minimum atomic E-state index is -0.527. The lowest BCUT2D eigenvalue weighted by Crippen LogP contribution is -2.36. The number of carbonyl (C=O) groups is 1. The van der Waals surface area contributed by atoms with Crippen molar-refractivity contribution in [3.63, 3.8) is 0 Å². The van der Waals surface area contributed by atoms with Crippen molar-refractivity contribution in [2.24, 2.45) is 5.73 Å². The molecule has 1 amide bonds. The largest absolute Gasteiger partial charge is 0.320 e. The summed E-state index contributed by atoms with van der Waals surface area (Å²) in [6, 6.07) is -0.527. The molecule has 1 aromatic rings. The van der Waals surface area contributed by atoms with Crippen LogP contribution in [0.4, 0.5) is 5.95 Å². The van der Waals surface area contributed by atoms with Crippen LogP contribution in [0.2, 0.25) is 0 Å². The lowest BCUT2D eigenvalue weighted by molar-refractivity contribution is -0.117. The van der Waals surface area contributed by atoms with Crippen LogP contribution in [0.25, 0.3) is 0 Å². The summed E-state index contributed by atoms with van der Waals surface area (Å²) in [5.41, 5.74) is 5.65.